The van der Waals surface area contributed by atoms with Crippen LogP contribution in [0.5, 0.6) is 0 Å². The summed E-state index contributed by atoms with van der Waals surface area (Å²) in [6.07, 6.45) is 5.92. The maximum Gasteiger partial charge on any atom is 0.0682 e. The van der Waals surface area contributed by atoms with Crippen molar-refractivity contribution < 1.29 is 4.74 Å². The highest BCUT2D eigenvalue weighted by Gasteiger charge is 2.59. The minimum atomic E-state index is 0.403. The minimum absolute atomic E-state index is 0.403. The molecule has 0 aromatic heterocycles. The summed E-state index contributed by atoms with van der Waals surface area (Å²) in [4.78, 5) is 0. The first-order valence-corrected chi connectivity index (χ1v) is 7.01. The molecule has 1 nitrogen and oxygen atoms in total. The first-order valence-electron chi connectivity index (χ1n) is 7.01. The molecule has 2 aliphatic rings. The molecule has 1 heteroatoms. The molecule has 2 saturated carbocycles. The quantitative estimate of drug-likeness (QED) is 0.693. The lowest BCUT2D eigenvalue weighted by Crippen LogP contribution is -2.43. The molecule has 0 spiro atoms. The van der Waals surface area contributed by atoms with Gasteiger partial charge in [-0.1, -0.05) is 41.0 Å². The average Bonchev–Trinajstić information content (AvgIpc) is 2.68. The fourth-order valence-electron chi connectivity index (χ4n) is 4.05. The van der Waals surface area contributed by atoms with E-state index in [4.69, 9.17) is 4.74 Å². The molecule has 0 saturated heterocycles. The molecule has 16 heavy (non-hydrogen) atoms. The zero-order valence-electron chi connectivity index (χ0n) is 11.7. The Morgan fingerprint density at radius 2 is 2.00 bits per heavy atom. The molecule has 0 N–H and O–H groups in total. The molecule has 2 bridgehead atoms. The first-order chi connectivity index (χ1) is 7.40. The monoisotopic (exact) mass is 224 g/mol. The Balaban J connectivity index is 2.02. The third kappa shape index (κ3) is 1.81. The molecule has 4 atom stereocenters. The van der Waals surface area contributed by atoms with Gasteiger partial charge in [-0.15, -0.1) is 0 Å². The molecule has 0 radical (unpaired) electrons. The van der Waals surface area contributed by atoms with Gasteiger partial charge in [-0.05, 0) is 41.9 Å². The second-order valence-corrected chi connectivity index (χ2v) is 7.14. The number of rotatable bonds is 4. The maximum absolute atomic E-state index is 6.31. The summed E-state index contributed by atoms with van der Waals surface area (Å²) in [5, 5.41) is 0. The van der Waals surface area contributed by atoms with Gasteiger partial charge in [0.15, 0.2) is 0 Å². The van der Waals surface area contributed by atoms with E-state index in [0.717, 1.165) is 12.5 Å². The Kier molecular flexibility index (Phi) is 3.11. The van der Waals surface area contributed by atoms with E-state index in [9.17, 15) is 0 Å². The SMILES string of the molecule is CCC(C)COC1C2(C)CCC(C2)C1(C)C. The molecule has 2 fully saturated rings. The molecular formula is C15H28O. The van der Waals surface area contributed by atoms with Gasteiger partial charge < -0.3 is 4.74 Å². The van der Waals surface area contributed by atoms with E-state index in [2.05, 4.69) is 34.6 Å². The van der Waals surface area contributed by atoms with Crippen LogP contribution < -0.4 is 0 Å². The standard InChI is InChI=1S/C15H28O/c1-6-11(2)10-16-13-14(3,4)12-7-8-15(13,5)9-12/h11-13H,6-10H2,1-5H3. The predicted octanol–water partition coefficient (Wildman–Crippen LogP) is 4.26. The zero-order valence-corrected chi connectivity index (χ0v) is 11.7. The van der Waals surface area contributed by atoms with Gasteiger partial charge in [0.05, 0.1) is 6.10 Å². The summed E-state index contributed by atoms with van der Waals surface area (Å²) in [6, 6.07) is 0. The third-order valence-electron chi connectivity index (χ3n) is 5.38. The fraction of sp³-hybridized carbons (Fsp3) is 1.00. The smallest absolute Gasteiger partial charge is 0.0682 e. The van der Waals surface area contributed by atoms with Crippen LogP contribution in [0.4, 0.5) is 0 Å². The van der Waals surface area contributed by atoms with Gasteiger partial charge in [0.1, 0.15) is 0 Å². The summed E-state index contributed by atoms with van der Waals surface area (Å²) in [5.74, 6) is 1.61. The Morgan fingerprint density at radius 3 is 2.50 bits per heavy atom. The normalized spacial score (nSPS) is 42.6. The van der Waals surface area contributed by atoms with Gasteiger partial charge in [0.25, 0.3) is 0 Å². The molecule has 4 unspecified atom stereocenters. The molecule has 0 heterocycles. The second kappa shape index (κ2) is 4.01. The van der Waals surface area contributed by atoms with Crippen LogP contribution in [0.25, 0.3) is 0 Å². The van der Waals surface area contributed by atoms with E-state index in [0.29, 0.717) is 22.9 Å². The highest BCUT2D eigenvalue weighted by Crippen LogP contribution is 2.63. The summed E-state index contributed by atoms with van der Waals surface area (Å²) in [7, 11) is 0. The Bertz CT molecular complexity index is 253. The van der Waals surface area contributed by atoms with Crippen molar-refractivity contribution in [1.29, 1.82) is 0 Å². The van der Waals surface area contributed by atoms with Gasteiger partial charge in [-0.25, -0.2) is 0 Å². The van der Waals surface area contributed by atoms with Gasteiger partial charge in [0, 0.05) is 6.61 Å². The molecule has 94 valence electrons. The molecule has 0 aliphatic heterocycles. The van der Waals surface area contributed by atoms with Crippen LogP contribution in [-0.2, 0) is 4.74 Å². The summed E-state index contributed by atoms with van der Waals surface area (Å²) >= 11 is 0. The molecule has 2 aliphatic carbocycles. The summed E-state index contributed by atoms with van der Waals surface area (Å²) in [6.45, 7) is 12.8. The zero-order chi connectivity index (χ0) is 12.0. The molecule has 0 aromatic carbocycles. The van der Waals surface area contributed by atoms with Crippen LogP contribution in [0, 0.1) is 22.7 Å². The lowest BCUT2D eigenvalue weighted by atomic mass is 9.70. The highest BCUT2D eigenvalue weighted by atomic mass is 16.5. The van der Waals surface area contributed by atoms with E-state index in [1.54, 1.807) is 0 Å². The molecule has 0 amide bonds. The van der Waals surface area contributed by atoms with Crippen molar-refractivity contribution in [2.45, 2.75) is 66.4 Å². The van der Waals surface area contributed by atoms with Crippen molar-refractivity contribution in [1.82, 2.24) is 0 Å². The van der Waals surface area contributed by atoms with Crippen molar-refractivity contribution in [3.05, 3.63) is 0 Å². The van der Waals surface area contributed by atoms with Crippen molar-refractivity contribution in [3.63, 3.8) is 0 Å². The number of hydrogen-bond acceptors (Lipinski definition) is 1. The predicted molar refractivity (Wildman–Crippen MR) is 68.4 cm³/mol. The number of ether oxygens (including phenoxy) is 1. The lowest BCUT2D eigenvalue weighted by molar-refractivity contribution is -0.0973. The topological polar surface area (TPSA) is 9.23 Å². The van der Waals surface area contributed by atoms with Crippen molar-refractivity contribution in [3.8, 4) is 0 Å². The maximum atomic E-state index is 6.31. The summed E-state index contributed by atoms with van der Waals surface area (Å²) in [5.41, 5.74) is 0.877. The van der Waals surface area contributed by atoms with E-state index in [1.807, 2.05) is 0 Å². The molecule has 2 rings (SSSR count). The Hall–Kier alpha value is -0.0400. The van der Waals surface area contributed by atoms with Crippen LogP contribution in [0.15, 0.2) is 0 Å². The van der Waals surface area contributed by atoms with E-state index in [1.165, 1.54) is 25.7 Å². The molecule has 0 aromatic rings. The Labute approximate surface area is 101 Å². The van der Waals surface area contributed by atoms with Crippen LogP contribution >= 0.6 is 0 Å². The van der Waals surface area contributed by atoms with E-state index < -0.39 is 0 Å². The van der Waals surface area contributed by atoms with Crippen LogP contribution in [0.2, 0.25) is 0 Å². The average molecular weight is 224 g/mol. The summed E-state index contributed by atoms with van der Waals surface area (Å²) < 4.78 is 6.31. The van der Waals surface area contributed by atoms with Crippen LogP contribution in [-0.4, -0.2) is 12.7 Å². The largest absolute Gasteiger partial charge is 0.377 e. The highest BCUT2D eigenvalue weighted by molar-refractivity contribution is 5.09. The van der Waals surface area contributed by atoms with Crippen LogP contribution in [0.1, 0.15) is 60.3 Å². The van der Waals surface area contributed by atoms with Crippen molar-refractivity contribution in [2.24, 2.45) is 22.7 Å². The molecular weight excluding hydrogens is 196 g/mol. The number of fused-ring (bicyclic) bond motifs is 2. The lowest BCUT2D eigenvalue weighted by Gasteiger charge is -2.42. The van der Waals surface area contributed by atoms with Gasteiger partial charge in [-0.3, -0.25) is 0 Å². The second-order valence-electron chi connectivity index (χ2n) is 7.14. The first kappa shape index (κ1) is 12.4. The number of hydrogen-bond donors (Lipinski definition) is 0. The van der Waals surface area contributed by atoms with Crippen molar-refractivity contribution >= 4 is 0 Å². The fourth-order valence-corrected chi connectivity index (χ4v) is 4.05. The third-order valence-corrected chi connectivity index (χ3v) is 5.38. The van der Waals surface area contributed by atoms with E-state index >= 15 is 0 Å². The van der Waals surface area contributed by atoms with Gasteiger partial charge in [-0.2, -0.15) is 0 Å². The van der Waals surface area contributed by atoms with Crippen LogP contribution in [0.3, 0.4) is 0 Å². The Morgan fingerprint density at radius 1 is 1.31 bits per heavy atom. The van der Waals surface area contributed by atoms with Crippen molar-refractivity contribution in [2.75, 3.05) is 6.61 Å². The van der Waals surface area contributed by atoms with Gasteiger partial charge >= 0.3 is 0 Å². The van der Waals surface area contributed by atoms with Gasteiger partial charge in [0.2, 0.25) is 0 Å². The van der Waals surface area contributed by atoms with E-state index in [-0.39, 0.29) is 0 Å². The minimum Gasteiger partial charge on any atom is -0.377 e.